The number of hydrogen-bond acceptors (Lipinski definition) is 3. The van der Waals surface area contributed by atoms with Crippen LogP contribution < -0.4 is 5.32 Å². The molecule has 1 heterocycles. The summed E-state index contributed by atoms with van der Waals surface area (Å²) in [6.45, 7) is 1.38. The Hall–Kier alpha value is -2.51. The van der Waals surface area contributed by atoms with Crippen molar-refractivity contribution in [2.75, 3.05) is 5.32 Å². The van der Waals surface area contributed by atoms with Gasteiger partial charge in [-0.25, -0.2) is 9.18 Å². The number of nitrogens with zero attached hydrogens (tertiary/aromatic N) is 1. The number of ketones is 2. The number of rotatable bonds is 3. The molecule has 0 fully saturated rings. The Labute approximate surface area is 174 Å². The SMILES string of the molecule is CC(=O)c1cc(NC(=O)N2C=CC(=O)CC2c2ccc(F)cc2)c(Br)cc1Cl. The van der Waals surface area contributed by atoms with Gasteiger partial charge in [-0.3, -0.25) is 14.5 Å². The topological polar surface area (TPSA) is 66.5 Å². The van der Waals surface area contributed by atoms with E-state index in [1.807, 2.05) is 0 Å². The number of urea groups is 1. The van der Waals surface area contributed by atoms with Crippen LogP contribution in [0.2, 0.25) is 5.02 Å². The van der Waals surface area contributed by atoms with Crippen LogP contribution in [0, 0.1) is 5.82 Å². The van der Waals surface area contributed by atoms with Crippen LogP contribution in [0.1, 0.15) is 35.3 Å². The first-order valence-corrected chi connectivity index (χ1v) is 9.49. The number of amides is 2. The molecule has 2 aromatic carbocycles. The third-order valence-electron chi connectivity index (χ3n) is 4.32. The van der Waals surface area contributed by atoms with E-state index in [0.717, 1.165) is 0 Å². The van der Waals surface area contributed by atoms with Gasteiger partial charge in [0.1, 0.15) is 5.82 Å². The summed E-state index contributed by atoms with van der Waals surface area (Å²) >= 11 is 9.38. The lowest BCUT2D eigenvalue weighted by atomic mass is 9.97. The van der Waals surface area contributed by atoms with E-state index in [0.29, 0.717) is 15.7 Å². The average Bonchev–Trinajstić information content (AvgIpc) is 2.64. The smallest absolute Gasteiger partial charge is 0.306 e. The van der Waals surface area contributed by atoms with Gasteiger partial charge < -0.3 is 5.32 Å². The van der Waals surface area contributed by atoms with Crippen molar-refractivity contribution in [1.29, 1.82) is 0 Å². The highest BCUT2D eigenvalue weighted by molar-refractivity contribution is 9.10. The molecule has 1 atom stereocenters. The minimum atomic E-state index is -0.573. The second-order valence-corrected chi connectivity index (χ2v) is 7.52. The lowest BCUT2D eigenvalue weighted by Crippen LogP contribution is -2.37. The molecule has 1 aliphatic heterocycles. The second-order valence-electron chi connectivity index (χ2n) is 6.26. The van der Waals surface area contributed by atoms with Crippen LogP contribution in [0.3, 0.4) is 0 Å². The van der Waals surface area contributed by atoms with Crippen LogP contribution in [0.4, 0.5) is 14.9 Å². The molecule has 1 unspecified atom stereocenters. The lowest BCUT2D eigenvalue weighted by molar-refractivity contribution is -0.116. The van der Waals surface area contributed by atoms with Gasteiger partial charge in [-0.1, -0.05) is 23.7 Å². The van der Waals surface area contributed by atoms with Crippen molar-refractivity contribution >= 4 is 50.8 Å². The van der Waals surface area contributed by atoms with Gasteiger partial charge >= 0.3 is 6.03 Å². The number of anilines is 1. The molecule has 5 nitrogen and oxygen atoms in total. The minimum Gasteiger partial charge on any atom is -0.306 e. The van der Waals surface area contributed by atoms with Crippen molar-refractivity contribution in [2.45, 2.75) is 19.4 Å². The van der Waals surface area contributed by atoms with Gasteiger partial charge in [0, 0.05) is 22.7 Å². The van der Waals surface area contributed by atoms with E-state index in [9.17, 15) is 18.8 Å². The van der Waals surface area contributed by atoms with Crippen LogP contribution in [-0.4, -0.2) is 22.5 Å². The van der Waals surface area contributed by atoms with Gasteiger partial charge in [-0.2, -0.15) is 0 Å². The Balaban J connectivity index is 1.91. The molecule has 2 amide bonds. The Bertz CT molecular complexity index is 992. The summed E-state index contributed by atoms with van der Waals surface area (Å²) in [5, 5.41) is 2.99. The molecule has 1 N–H and O–H groups in total. The van der Waals surface area contributed by atoms with Crippen LogP contribution in [0.15, 0.2) is 53.1 Å². The van der Waals surface area contributed by atoms with Crippen LogP contribution in [0.25, 0.3) is 0 Å². The summed E-state index contributed by atoms with van der Waals surface area (Å²) < 4.78 is 13.7. The number of halogens is 3. The Kier molecular flexibility index (Phi) is 5.96. The molecule has 144 valence electrons. The molecule has 0 aliphatic carbocycles. The molecule has 0 radical (unpaired) electrons. The van der Waals surface area contributed by atoms with Crippen LogP contribution in [-0.2, 0) is 4.79 Å². The summed E-state index contributed by atoms with van der Waals surface area (Å²) in [5.41, 5.74) is 1.27. The summed E-state index contributed by atoms with van der Waals surface area (Å²) in [6.07, 6.45) is 2.79. The molecular formula is C20H15BrClFN2O3. The Morgan fingerprint density at radius 2 is 1.93 bits per heavy atom. The first kappa shape index (κ1) is 20.2. The number of Topliss-reactive ketones (excluding diaryl/α,β-unsaturated/α-hetero) is 1. The summed E-state index contributed by atoms with van der Waals surface area (Å²) in [4.78, 5) is 37.8. The number of carbonyl (C=O) groups excluding carboxylic acids is 3. The van der Waals surface area contributed by atoms with Gasteiger partial charge in [-0.05, 0) is 58.8 Å². The lowest BCUT2D eigenvalue weighted by Gasteiger charge is -2.31. The quantitative estimate of drug-likeness (QED) is 0.608. The standard InChI is InChI=1S/C20H15BrClFN2O3/c1-11(26)15-9-18(16(21)10-17(15)22)24-20(28)25-7-6-14(27)8-19(25)12-2-4-13(23)5-3-12/h2-7,9-10,19H,8H2,1H3,(H,24,28). The highest BCUT2D eigenvalue weighted by Gasteiger charge is 2.29. The van der Waals surface area contributed by atoms with Gasteiger partial charge in [0.2, 0.25) is 0 Å². The van der Waals surface area contributed by atoms with E-state index in [1.165, 1.54) is 48.4 Å². The zero-order valence-corrected chi connectivity index (χ0v) is 17.1. The molecule has 28 heavy (non-hydrogen) atoms. The molecule has 8 heteroatoms. The fourth-order valence-corrected chi connectivity index (χ4v) is 3.76. The second kappa shape index (κ2) is 8.24. The number of nitrogens with one attached hydrogen (secondary N) is 1. The molecule has 3 rings (SSSR count). The maximum Gasteiger partial charge on any atom is 0.326 e. The van der Waals surface area contributed by atoms with Crippen molar-refractivity contribution in [1.82, 2.24) is 4.90 Å². The van der Waals surface area contributed by atoms with Gasteiger partial charge in [0.15, 0.2) is 11.6 Å². The monoisotopic (exact) mass is 464 g/mol. The van der Waals surface area contributed by atoms with Gasteiger partial charge in [0.05, 0.1) is 16.8 Å². The average molecular weight is 466 g/mol. The predicted molar refractivity (Wildman–Crippen MR) is 108 cm³/mol. The number of carbonyl (C=O) groups is 3. The number of allylic oxidation sites excluding steroid dienone is 1. The molecule has 1 aliphatic rings. The molecular weight excluding hydrogens is 451 g/mol. The summed E-state index contributed by atoms with van der Waals surface area (Å²) in [6, 6.07) is 7.58. The fraction of sp³-hybridized carbons (Fsp3) is 0.150. The highest BCUT2D eigenvalue weighted by Crippen LogP contribution is 2.33. The zero-order valence-electron chi connectivity index (χ0n) is 14.7. The normalized spacial score (nSPS) is 16.2. The van der Waals surface area contributed by atoms with E-state index >= 15 is 0 Å². The largest absolute Gasteiger partial charge is 0.326 e. The summed E-state index contributed by atoms with van der Waals surface area (Å²) in [7, 11) is 0. The fourth-order valence-electron chi connectivity index (χ4n) is 2.89. The molecule has 0 spiro atoms. The molecule has 0 saturated heterocycles. The van der Waals surface area contributed by atoms with Gasteiger partial charge in [0.25, 0.3) is 0 Å². The Morgan fingerprint density at radius 1 is 1.25 bits per heavy atom. The number of hydrogen-bond donors (Lipinski definition) is 1. The Morgan fingerprint density at radius 3 is 2.57 bits per heavy atom. The molecule has 0 aromatic heterocycles. The van der Waals surface area contributed by atoms with Crippen molar-refractivity contribution in [3.8, 4) is 0 Å². The minimum absolute atomic E-state index is 0.0794. The maximum absolute atomic E-state index is 13.2. The van der Waals surface area contributed by atoms with Crippen LogP contribution in [0.5, 0.6) is 0 Å². The van der Waals surface area contributed by atoms with E-state index < -0.39 is 17.9 Å². The molecule has 2 aromatic rings. The van der Waals surface area contributed by atoms with E-state index in [1.54, 1.807) is 12.1 Å². The van der Waals surface area contributed by atoms with Gasteiger partial charge in [-0.15, -0.1) is 0 Å². The zero-order chi connectivity index (χ0) is 20.4. The third kappa shape index (κ3) is 4.31. The van der Waals surface area contributed by atoms with Crippen molar-refractivity contribution < 1.29 is 18.8 Å². The van der Waals surface area contributed by atoms with Crippen molar-refractivity contribution in [3.63, 3.8) is 0 Å². The molecule has 0 saturated carbocycles. The first-order chi connectivity index (χ1) is 13.3. The van der Waals surface area contributed by atoms with Crippen LogP contribution >= 0.6 is 27.5 Å². The van der Waals surface area contributed by atoms with E-state index in [-0.39, 0.29) is 28.6 Å². The van der Waals surface area contributed by atoms with E-state index in [2.05, 4.69) is 21.2 Å². The maximum atomic E-state index is 13.2. The predicted octanol–water partition coefficient (Wildman–Crippen LogP) is 5.51. The first-order valence-electron chi connectivity index (χ1n) is 8.32. The van der Waals surface area contributed by atoms with Crippen molar-refractivity contribution in [2.24, 2.45) is 0 Å². The molecule has 0 bridgehead atoms. The summed E-state index contributed by atoms with van der Waals surface area (Å²) in [5.74, 6) is -0.773. The van der Waals surface area contributed by atoms with Crippen molar-refractivity contribution in [3.05, 3.63) is 75.1 Å². The number of benzene rings is 2. The highest BCUT2D eigenvalue weighted by atomic mass is 79.9. The third-order valence-corrected chi connectivity index (χ3v) is 5.29. The van der Waals surface area contributed by atoms with E-state index in [4.69, 9.17) is 11.6 Å².